The summed E-state index contributed by atoms with van der Waals surface area (Å²) in [5.74, 6) is -0.592. The number of allylic oxidation sites excluding steroid dienone is 2. The number of unbranched alkanes of at least 4 members (excludes halogenated alkanes) is 32. The Hall–Kier alpha value is -0.950. The zero-order valence-corrected chi connectivity index (χ0v) is 35.5. The van der Waals surface area contributed by atoms with Crippen LogP contribution in [-0.2, 0) is 4.79 Å². The number of carbonyl (C=O) groups excluding carboxylic acids is 1. The lowest BCUT2D eigenvalue weighted by molar-refractivity contribution is -0.132. The summed E-state index contributed by atoms with van der Waals surface area (Å²) in [6.07, 6.45) is 47.2. The van der Waals surface area contributed by atoms with Crippen molar-refractivity contribution in [1.29, 1.82) is 0 Å². The Bertz CT molecular complexity index is 761. The van der Waals surface area contributed by atoms with Gasteiger partial charge in [-0.3, -0.25) is 4.79 Å². The highest BCUT2D eigenvalue weighted by Crippen LogP contribution is 2.17. The van der Waals surface area contributed by atoms with Crippen molar-refractivity contribution in [2.75, 3.05) is 6.61 Å². The van der Waals surface area contributed by atoms with E-state index in [0.717, 1.165) is 38.5 Å². The first kappa shape index (κ1) is 52.0. The standard InChI is InChI=1S/C47H93NO5/c1-3-5-7-9-11-13-14-15-16-17-18-19-20-21-22-23-24-25-26-27-28-29-30-31-32-33-35-37-39-41-45(51)47(53)48-43(42-49)46(52)44(50)40-38-36-34-12-10-8-6-4-2/h12,34,43-46,49-52H,3-11,13-33,35-42H2,1-2H3,(H,48,53)/b34-12+. The molecule has 0 aliphatic heterocycles. The van der Waals surface area contributed by atoms with E-state index in [1.54, 1.807) is 0 Å². The molecule has 53 heavy (non-hydrogen) atoms. The van der Waals surface area contributed by atoms with Crippen LogP contribution in [0.25, 0.3) is 0 Å². The molecule has 316 valence electrons. The highest BCUT2D eigenvalue weighted by Gasteiger charge is 2.28. The van der Waals surface area contributed by atoms with E-state index in [2.05, 4.69) is 31.3 Å². The van der Waals surface area contributed by atoms with Crippen molar-refractivity contribution in [2.45, 2.75) is 276 Å². The van der Waals surface area contributed by atoms with Crippen LogP contribution in [0.5, 0.6) is 0 Å². The maximum absolute atomic E-state index is 12.5. The van der Waals surface area contributed by atoms with Crippen LogP contribution in [0.15, 0.2) is 12.2 Å². The lowest BCUT2D eigenvalue weighted by Crippen LogP contribution is -2.53. The van der Waals surface area contributed by atoms with Crippen molar-refractivity contribution in [3.8, 4) is 0 Å². The minimum atomic E-state index is -1.27. The number of aliphatic hydroxyl groups is 4. The quantitative estimate of drug-likeness (QED) is 0.0315. The van der Waals surface area contributed by atoms with E-state index in [4.69, 9.17) is 0 Å². The van der Waals surface area contributed by atoms with Crippen LogP contribution in [0.2, 0.25) is 0 Å². The van der Waals surface area contributed by atoms with Crippen LogP contribution < -0.4 is 5.32 Å². The Balaban J connectivity index is 3.52. The van der Waals surface area contributed by atoms with E-state index in [1.165, 1.54) is 186 Å². The van der Waals surface area contributed by atoms with Gasteiger partial charge in [0.05, 0.1) is 18.8 Å². The molecular formula is C47H93NO5. The fourth-order valence-corrected chi connectivity index (χ4v) is 7.46. The molecule has 0 radical (unpaired) electrons. The minimum absolute atomic E-state index is 0.368. The van der Waals surface area contributed by atoms with Gasteiger partial charge < -0.3 is 25.7 Å². The van der Waals surface area contributed by atoms with Gasteiger partial charge in [0.1, 0.15) is 12.2 Å². The average molecular weight is 752 g/mol. The molecule has 0 bridgehead atoms. The number of rotatable bonds is 43. The molecule has 0 rings (SSSR count). The van der Waals surface area contributed by atoms with E-state index in [1.807, 2.05) is 0 Å². The maximum atomic E-state index is 12.5. The van der Waals surface area contributed by atoms with Gasteiger partial charge in [-0.15, -0.1) is 0 Å². The smallest absolute Gasteiger partial charge is 0.249 e. The Labute approximate surface area is 330 Å². The fourth-order valence-electron chi connectivity index (χ4n) is 7.46. The van der Waals surface area contributed by atoms with E-state index in [9.17, 15) is 25.2 Å². The third-order valence-electron chi connectivity index (χ3n) is 11.2. The average Bonchev–Trinajstić information content (AvgIpc) is 3.16. The summed E-state index contributed by atoms with van der Waals surface area (Å²) >= 11 is 0. The SMILES string of the molecule is CCCCC/C=C/CCCC(O)C(O)C(CO)NC(=O)C(O)CCCCCCCCCCCCCCCCCCCCCCCCCCCCCCC. The minimum Gasteiger partial charge on any atom is -0.394 e. The lowest BCUT2D eigenvalue weighted by atomic mass is 10.00. The molecule has 0 spiro atoms. The van der Waals surface area contributed by atoms with Crippen LogP contribution >= 0.6 is 0 Å². The zero-order valence-electron chi connectivity index (χ0n) is 35.5. The van der Waals surface area contributed by atoms with Crippen LogP contribution in [0.3, 0.4) is 0 Å². The molecular weight excluding hydrogens is 659 g/mol. The van der Waals surface area contributed by atoms with E-state index in [-0.39, 0.29) is 0 Å². The van der Waals surface area contributed by atoms with E-state index >= 15 is 0 Å². The van der Waals surface area contributed by atoms with E-state index in [0.29, 0.717) is 12.8 Å². The summed E-state index contributed by atoms with van der Waals surface area (Å²) in [6.45, 7) is 3.99. The number of hydrogen-bond acceptors (Lipinski definition) is 5. The number of amides is 1. The van der Waals surface area contributed by atoms with Gasteiger partial charge in [-0.25, -0.2) is 0 Å². The van der Waals surface area contributed by atoms with Crippen molar-refractivity contribution in [2.24, 2.45) is 0 Å². The van der Waals surface area contributed by atoms with Crippen LogP contribution in [0.1, 0.15) is 251 Å². The summed E-state index contributed by atoms with van der Waals surface area (Å²) in [7, 11) is 0. The Morgan fingerprint density at radius 1 is 0.453 bits per heavy atom. The summed E-state index contributed by atoms with van der Waals surface area (Å²) in [6, 6.07) is -0.995. The molecule has 6 heteroatoms. The molecule has 4 atom stereocenters. The predicted octanol–water partition coefficient (Wildman–Crippen LogP) is 12.6. The molecule has 1 amide bonds. The van der Waals surface area contributed by atoms with Crippen molar-refractivity contribution in [3.05, 3.63) is 12.2 Å². The Kier molecular flexibility index (Phi) is 41.4. The highest BCUT2D eigenvalue weighted by molar-refractivity contribution is 5.80. The first-order valence-corrected chi connectivity index (χ1v) is 23.6. The summed E-state index contributed by atoms with van der Waals surface area (Å²) in [5.41, 5.74) is 0. The molecule has 0 aromatic rings. The van der Waals surface area contributed by atoms with Gasteiger partial charge in [0, 0.05) is 0 Å². The molecule has 0 heterocycles. The van der Waals surface area contributed by atoms with Gasteiger partial charge in [-0.05, 0) is 38.5 Å². The molecule has 0 aliphatic rings. The van der Waals surface area contributed by atoms with Crippen LogP contribution in [0, 0.1) is 0 Å². The topological polar surface area (TPSA) is 110 Å². The van der Waals surface area contributed by atoms with Gasteiger partial charge >= 0.3 is 0 Å². The molecule has 0 aromatic heterocycles. The third-order valence-corrected chi connectivity index (χ3v) is 11.2. The van der Waals surface area contributed by atoms with Crippen LogP contribution in [0.4, 0.5) is 0 Å². The van der Waals surface area contributed by atoms with Crippen molar-refractivity contribution < 1.29 is 25.2 Å². The molecule has 4 unspecified atom stereocenters. The largest absolute Gasteiger partial charge is 0.394 e. The van der Waals surface area contributed by atoms with E-state index < -0.39 is 36.9 Å². The maximum Gasteiger partial charge on any atom is 0.249 e. The molecule has 0 saturated heterocycles. The summed E-state index contributed by atoms with van der Waals surface area (Å²) in [5, 5.41) is 43.4. The lowest BCUT2D eigenvalue weighted by Gasteiger charge is -2.27. The molecule has 0 saturated carbocycles. The Morgan fingerprint density at radius 3 is 1.13 bits per heavy atom. The first-order chi connectivity index (χ1) is 26.0. The monoisotopic (exact) mass is 752 g/mol. The third kappa shape index (κ3) is 36.4. The second kappa shape index (κ2) is 42.2. The van der Waals surface area contributed by atoms with Gasteiger partial charge in [0.2, 0.25) is 5.91 Å². The van der Waals surface area contributed by atoms with Gasteiger partial charge in [0.25, 0.3) is 0 Å². The second-order valence-electron chi connectivity index (χ2n) is 16.5. The molecule has 6 nitrogen and oxygen atoms in total. The van der Waals surface area contributed by atoms with Crippen molar-refractivity contribution in [1.82, 2.24) is 5.32 Å². The molecule has 0 aliphatic carbocycles. The predicted molar refractivity (Wildman–Crippen MR) is 228 cm³/mol. The van der Waals surface area contributed by atoms with Gasteiger partial charge in [-0.1, -0.05) is 225 Å². The number of hydrogen-bond donors (Lipinski definition) is 5. The molecule has 0 aromatic carbocycles. The second-order valence-corrected chi connectivity index (χ2v) is 16.5. The Morgan fingerprint density at radius 2 is 0.774 bits per heavy atom. The van der Waals surface area contributed by atoms with Gasteiger partial charge in [-0.2, -0.15) is 0 Å². The number of carbonyl (C=O) groups is 1. The number of nitrogens with one attached hydrogen (secondary N) is 1. The molecule has 5 N–H and O–H groups in total. The molecule has 0 fully saturated rings. The van der Waals surface area contributed by atoms with Gasteiger partial charge in [0.15, 0.2) is 0 Å². The normalized spacial score (nSPS) is 14.2. The van der Waals surface area contributed by atoms with Crippen molar-refractivity contribution >= 4 is 5.91 Å². The number of aliphatic hydroxyl groups excluding tert-OH is 4. The zero-order chi connectivity index (χ0) is 38.9. The summed E-state index contributed by atoms with van der Waals surface area (Å²) < 4.78 is 0. The first-order valence-electron chi connectivity index (χ1n) is 23.6. The highest BCUT2D eigenvalue weighted by atomic mass is 16.3. The fraction of sp³-hybridized carbons (Fsp3) is 0.936. The van der Waals surface area contributed by atoms with Crippen molar-refractivity contribution in [3.63, 3.8) is 0 Å². The summed E-state index contributed by atoms with van der Waals surface area (Å²) in [4.78, 5) is 12.5. The van der Waals surface area contributed by atoms with Crippen LogP contribution in [-0.4, -0.2) is 57.3 Å².